The lowest BCUT2D eigenvalue weighted by Gasteiger charge is -2.40. The van der Waals surface area contributed by atoms with Gasteiger partial charge >= 0.3 is 12.1 Å². The number of benzene rings is 2. The van der Waals surface area contributed by atoms with Crippen molar-refractivity contribution in [2.24, 2.45) is 0 Å². The summed E-state index contributed by atoms with van der Waals surface area (Å²) in [4.78, 5) is 26.1. The highest BCUT2D eigenvalue weighted by Crippen LogP contribution is 2.22. The summed E-state index contributed by atoms with van der Waals surface area (Å²) < 4.78 is 23.8. The summed E-state index contributed by atoms with van der Waals surface area (Å²) in [5.74, 6) is -0.608. The smallest absolute Gasteiger partial charge is 0.410 e. The predicted octanol–water partition coefficient (Wildman–Crippen LogP) is 4.16. The molecule has 0 bridgehead atoms. The number of halogens is 1. The van der Waals surface area contributed by atoms with E-state index in [0.29, 0.717) is 24.2 Å². The molecule has 33 heavy (non-hydrogen) atoms. The number of amides is 2. The average molecular weight is 453 g/mol. The van der Waals surface area contributed by atoms with Crippen LogP contribution in [-0.2, 0) is 4.74 Å². The van der Waals surface area contributed by atoms with Crippen molar-refractivity contribution in [3.63, 3.8) is 0 Å². The number of anilines is 2. The van der Waals surface area contributed by atoms with E-state index in [-0.39, 0.29) is 29.9 Å². The average Bonchev–Trinajstić information content (AvgIpc) is 3.18. The molecule has 2 heterocycles. The second-order valence-electron chi connectivity index (χ2n) is 8.68. The molecular weight excluding hydrogens is 429 g/mol. The molecule has 1 aliphatic rings. The molecule has 0 saturated carbocycles. The van der Waals surface area contributed by atoms with Crippen LogP contribution in [0.4, 0.5) is 20.9 Å². The Kier molecular flexibility index (Phi) is 5.99. The van der Waals surface area contributed by atoms with Gasteiger partial charge in [-0.2, -0.15) is 0 Å². The molecule has 0 unspecified atom stereocenters. The quantitative estimate of drug-likeness (QED) is 0.597. The SMILES string of the molecule is CC(C)(C)OC(=O)N1CC(Nc2ccc(C(=O)Nc3nnc(-c4ccc(F)cc4)o3)cc2)C1. The van der Waals surface area contributed by atoms with Crippen molar-refractivity contribution in [1.29, 1.82) is 0 Å². The summed E-state index contributed by atoms with van der Waals surface area (Å²) in [6.45, 7) is 6.60. The highest BCUT2D eigenvalue weighted by atomic mass is 19.1. The monoisotopic (exact) mass is 453 g/mol. The van der Waals surface area contributed by atoms with Crippen LogP contribution >= 0.6 is 0 Å². The van der Waals surface area contributed by atoms with Crippen LogP contribution in [0.5, 0.6) is 0 Å². The molecule has 2 amide bonds. The van der Waals surface area contributed by atoms with Crippen molar-refractivity contribution < 1.29 is 23.1 Å². The fourth-order valence-corrected chi connectivity index (χ4v) is 3.15. The first-order valence-electron chi connectivity index (χ1n) is 10.4. The Labute approximate surface area is 189 Å². The molecule has 3 aromatic rings. The number of carbonyl (C=O) groups excluding carboxylic acids is 2. The summed E-state index contributed by atoms with van der Waals surface area (Å²) >= 11 is 0. The van der Waals surface area contributed by atoms with Crippen LogP contribution in [0.15, 0.2) is 52.9 Å². The molecule has 1 aliphatic heterocycles. The first-order chi connectivity index (χ1) is 15.7. The van der Waals surface area contributed by atoms with Gasteiger partial charge in [-0.15, -0.1) is 5.10 Å². The van der Waals surface area contributed by atoms with Gasteiger partial charge in [-0.1, -0.05) is 5.10 Å². The molecule has 1 saturated heterocycles. The van der Waals surface area contributed by atoms with E-state index in [2.05, 4.69) is 20.8 Å². The van der Waals surface area contributed by atoms with E-state index in [9.17, 15) is 14.0 Å². The largest absolute Gasteiger partial charge is 0.444 e. The van der Waals surface area contributed by atoms with Crippen molar-refractivity contribution in [3.05, 3.63) is 59.9 Å². The van der Waals surface area contributed by atoms with Crippen LogP contribution in [-0.4, -0.2) is 51.8 Å². The number of carbonyl (C=O) groups is 2. The number of rotatable bonds is 5. The van der Waals surface area contributed by atoms with Gasteiger partial charge in [0, 0.05) is 29.9 Å². The summed E-state index contributed by atoms with van der Waals surface area (Å²) in [6.07, 6.45) is -0.323. The molecule has 2 aromatic carbocycles. The normalized spacial score (nSPS) is 13.9. The zero-order valence-electron chi connectivity index (χ0n) is 18.5. The van der Waals surface area contributed by atoms with E-state index in [1.807, 2.05) is 20.8 Å². The molecule has 1 fully saturated rings. The first-order valence-corrected chi connectivity index (χ1v) is 10.4. The minimum Gasteiger partial charge on any atom is -0.444 e. The van der Waals surface area contributed by atoms with Crippen molar-refractivity contribution in [1.82, 2.24) is 15.1 Å². The Morgan fingerprint density at radius 1 is 1.06 bits per heavy atom. The van der Waals surface area contributed by atoms with Gasteiger partial charge in [0.05, 0.1) is 6.04 Å². The Hall–Kier alpha value is -3.95. The lowest BCUT2D eigenvalue weighted by molar-refractivity contribution is 0.0105. The van der Waals surface area contributed by atoms with Crippen LogP contribution in [0, 0.1) is 5.82 Å². The maximum Gasteiger partial charge on any atom is 0.410 e. The number of nitrogens with zero attached hydrogens (tertiary/aromatic N) is 3. The summed E-state index contributed by atoms with van der Waals surface area (Å²) in [5, 5.41) is 13.5. The van der Waals surface area contributed by atoms with Gasteiger partial charge in [-0.25, -0.2) is 9.18 Å². The van der Waals surface area contributed by atoms with Gasteiger partial charge in [-0.05, 0) is 69.3 Å². The summed E-state index contributed by atoms with van der Waals surface area (Å²) in [7, 11) is 0. The van der Waals surface area contributed by atoms with Crippen LogP contribution in [0.2, 0.25) is 0 Å². The second-order valence-corrected chi connectivity index (χ2v) is 8.68. The molecular formula is C23H24FN5O4. The molecule has 10 heteroatoms. The van der Waals surface area contributed by atoms with Crippen LogP contribution in [0.3, 0.4) is 0 Å². The maximum atomic E-state index is 13.0. The molecule has 2 N–H and O–H groups in total. The fourth-order valence-electron chi connectivity index (χ4n) is 3.15. The standard InChI is InChI=1S/C23H24FN5O4/c1-23(2,3)33-22(31)29-12-18(13-29)25-17-10-6-14(7-11-17)19(30)26-21-28-27-20(32-21)15-4-8-16(24)9-5-15/h4-11,18,25H,12-13H2,1-3H3,(H,26,28,30). The van der Waals surface area contributed by atoms with Gasteiger partial charge in [-0.3, -0.25) is 10.1 Å². The zero-order chi connectivity index (χ0) is 23.6. The number of hydrogen-bond acceptors (Lipinski definition) is 7. The lowest BCUT2D eigenvalue weighted by atomic mass is 10.1. The van der Waals surface area contributed by atoms with E-state index in [1.54, 1.807) is 29.2 Å². The number of hydrogen-bond donors (Lipinski definition) is 2. The number of nitrogens with one attached hydrogen (secondary N) is 2. The highest BCUT2D eigenvalue weighted by Gasteiger charge is 2.33. The fraction of sp³-hybridized carbons (Fsp3) is 0.304. The molecule has 0 radical (unpaired) electrons. The number of likely N-dealkylation sites (tertiary alicyclic amines) is 1. The van der Waals surface area contributed by atoms with E-state index >= 15 is 0 Å². The minimum absolute atomic E-state index is 0.0572. The van der Waals surface area contributed by atoms with Gasteiger partial charge in [0.25, 0.3) is 5.91 Å². The Morgan fingerprint density at radius 3 is 2.36 bits per heavy atom. The van der Waals surface area contributed by atoms with Gasteiger partial charge < -0.3 is 19.4 Å². The maximum absolute atomic E-state index is 13.0. The third-order valence-electron chi connectivity index (χ3n) is 4.79. The molecule has 0 spiro atoms. The third kappa shape index (κ3) is 5.65. The Balaban J connectivity index is 1.28. The summed E-state index contributed by atoms with van der Waals surface area (Å²) in [5.41, 5.74) is 1.26. The van der Waals surface area contributed by atoms with Crippen LogP contribution < -0.4 is 10.6 Å². The first kappa shape index (κ1) is 22.3. The zero-order valence-corrected chi connectivity index (χ0v) is 18.5. The predicted molar refractivity (Wildman–Crippen MR) is 119 cm³/mol. The van der Waals surface area contributed by atoms with E-state index < -0.39 is 11.5 Å². The third-order valence-corrected chi connectivity index (χ3v) is 4.79. The van der Waals surface area contributed by atoms with Crippen LogP contribution in [0.1, 0.15) is 31.1 Å². The molecule has 9 nitrogen and oxygen atoms in total. The van der Waals surface area contributed by atoms with Gasteiger partial charge in [0.2, 0.25) is 5.89 Å². The van der Waals surface area contributed by atoms with Gasteiger partial charge in [0.15, 0.2) is 0 Å². The Morgan fingerprint density at radius 2 is 1.73 bits per heavy atom. The van der Waals surface area contributed by atoms with Crippen molar-refractivity contribution in [2.45, 2.75) is 32.4 Å². The van der Waals surface area contributed by atoms with E-state index in [4.69, 9.17) is 9.15 Å². The highest BCUT2D eigenvalue weighted by molar-refractivity contribution is 6.03. The van der Waals surface area contributed by atoms with E-state index in [1.165, 1.54) is 24.3 Å². The molecule has 172 valence electrons. The number of ether oxygens (including phenoxy) is 1. The van der Waals surface area contributed by atoms with Crippen molar-refractivity contribution in [3.8, 4) is 11.5 Å². The topological polar surface area (TPSA) is 110 Å². The minimum atomic E-state index is -0.518. The molecule has 4 rings (SSSR count). The van der Waals surface area contributed by atoms with Gasteiger partial charge in [0.1, 0.15) is 11.4 Å². The molecule has 0 atom stereocenters. The molecule has 0 aliphatic carbocycles. The lowest BCUT2D eigenvalue weighted by Crippen LogP contribution is -2.57. The Bertz CT molecular complexity index is 1130. The second kappa shape index (κ2) is 8.89. The molecule has 1 aromatic heterocycles. The summed E-state index contributed by atoms with van der Waals surface area (Å²) in [6, 6.07) is 12.5. The van der Waals surface area contributed by atoms with E-state index in [0.717, 1.165) is 5.69 Å². The number of aromatic nitrogens is 2. The van der Waals surface area contributed by atoms with Crippen LogP contribution in [0.25, 0.3) is 11.5 Å². The van der Waals surface area contributed by atoms with Crippen molar-refractivity contribution in [2.75, 3.05) is 23.7 Å². The van der Waals surface area contributed by atoms with Crippen molar-refractivity contribution >= 4 is 23.7 Å².